The van der Waals surface area contributed by atoms with E-state index in [1.54, 1.807) is 22.8 Å². The highest BCUT2D eigenvalue weighted by Crippen LogP contribution is 2.58. The minimum Gasteiger partial charge on any atom is -0.465 e. The summed E-state index contributed by atoms with van der Waals surface area (Å²) >= 11 is 0. The number of aromatic nitrogens is 2. The van der Waals surface area contributed by atoms with Crippen molar-refractivity contribution >= 4 is 28.7 Å². The number of fused-ring (bicyclic) bond motifs is 3. The molecule has 1 aliphatic heterocycles. The smallest absolute Gasteiger partial charge is 0.404 e. The van der Waals surface area contributed by atoms with Crippen molar-refractivity contribution in [2.24, 2.45) is 0 Å². The van der Waals surface area contributed by atoms with Gasteiger partial charge in [0.2, 0.25) is 5.91 Å². The predicted octanol–water partition coefficient (Wildman–Crippen LogP) is 5.00. The van der Waals surface area contributed by atoms with Gasteiger partial charge in [-0.1, -0.05) is 6.07 Å². The number of hydrogen-bond acceptors (Lipinski definition) is 3. The van der Waals surface area contributed by atoms with Crippen LogP contribution in [0.3, 0.4) is 0 Å². The normalized spacial score (nSPS) is 16.1. The van der Waals surface area contributed by atoms with E-state index in [9.17, 15) is 31.5 Å². The molecular formula is C24H21F5N4O3. The first-order chi connectivity index (χ1) is 17.0. The first kappa shape index (κ1) is 24.0. The lowest BCUT2D eigenvalue weighted by Gasteiger charge is -2.19. The summed E-state index contributed by atoms with van der Waals surface area (Å²) in [6.45, 7) is -0.226. The highest BCUT2D eigenvalue weighted by atomic mass is 19.4. The highest BCUT2D eigenvalue weighted by Gasteiger charge is 2.60. The fourth-order valence-corrected chi connectivity index (χ4v) is 4.93. The minimum absolute atomic E-state index is 0.000596. The molecule has 0 atom stereocenters. The molecule has 0 bridgehead atoms. The lowest BCUT2D eigenvalue weighted by atomic mass is 9.97. The molecular weight excluding hydrogens is 487 g/mol. The maximum atomic E-state index is 14.7. The summed E-state index contributed by atoms with van der Waals surface area (Å²) in [5.41, 5.74) is 0.714. The number of nitrogens with zero attached hydrogens (tertiary/aromatic N) is 3. The van der Waals surface area contributed by atoms with Gasteiger partial charge < -0.3 is 19.9 Å². The third kappa shape index (κ3) is 4.24. The molecule has 0 saturated heterocycles. The van der Waals surface area contributed by atoms with E-state index in [0.29, 0.717) is 29.4 Å². The van der Waals surface area contributed by atoms with Crippen LogP contribution in [0.15, 0.2) is 30.3 Å². The van der Waals surface area contributed by atoms with Crippen LogP contribution in [0.2, 0.25) is 0 Å². The number of carbonyl (C=O) groups excluding carboxylic acids is 1. The third-order valence-electron chi connectivity index (χ3n) is 6.69. The molecule has 7 nitrogen and oxygen atoms in total. The molecule has 2 aliphatic rings. The van der Waals surface area contributed by atoms with Gasteiger partial charge in [-0.15, -0.1) is 0 Å². The Morgan fingerprint density at radius 2 is 1.92 bits per heavy atom. The summed E-state index contributed by atoms with van der Waals surface area (Å²) in [6.07, 6.45) is -5.95. The number of alkyl halides is 3. The second-order valence-corrected chi connectivity index (χ2v) is 9.14. The average Bonchev–Trinajstić information content (AvgIpc) is 3.46. The molecule has 2 heterocycles. The van der Waals surface area contributed by atoms with Crippen LogP contribution in [0.25, 0.3) is 11.0 Å². The molecule has 3 aromatic rings. The summed E-state index contributed by atoms with van der Waals surface area (Å²) < 4.78 is 68.8. The first-order valence-electron chi connectivity index (χ1n) is 11.3. The summed E-state index contributed by atoms with van der Waals surface area (Å²) in [5.74, 6) is -1.76. The zero-order valence-electron chi connectivity index (χ0n) is 18.8. The van der Waals surface area contributed by atoms with E-state index < -0.39 is 35.7 Å². The van der Waals surface area contributed by atoms with Crippen molar-refractivity contribution in [2.75, 3.05) is 4.90 Å². The molecule has 0 radical (unpaired) electrons. The van der Waals surface area contributed by atoms with E-state index in [0.717, 1.165) is 12.1 Å². The number of nitrogens with one attached hydrogen (secondary N) is 1. The Morgan fingerprint density at radius 1 is 1.17 bits per heavy atom. The minimum atomic E-state index is -4.34. The number of amides is 2. The molecule has 1 aliphatic carbocycles. The maximum absolute atomic E-state index is 14.7. The standard InChI is InChI=1S/C24H21F5N4O3/c25-14-9-15(26)20-18(10-14)33(21(34)23(20)5-6-23)12-19-31-16-8-13(11-30-22(35)36)2-3-17(16)32(19)7-1-4-24(27,28)29/h2-3,8-10,30H,1,4-7,11-12H2,(H,35,36). The van der Waals surface area contributed by atoms with E-state index in [4.69, 9.17) is 5.11 Å². The van der Waals surface area contributed by atoms with E-state index in [2.05, 4.69) is 10.3 Å². The van der Waals surface area contributed by atoms with Crippen molar-refractivity contribution in [3.63, 3.8) is 0 Å². The van der Waals surface area contributed by atoms with Gasteiger partial charge in [-0.2, -0.15) is 13.2 Å². The van der Waals surface area contributed by atoms with Crippen molar-refractivity contribution in [3.8, 4) is 0 Å². The Kier molecular flexibility index (Phi) is 5.64. The zero-order chi connectivity index (χ0) is 25.8. The summed E-state index contributed by atoms with van der Waals surface area (Å²) in [5, 5.41) is 11.1. The molecule has 0 unspecified atom stereocenters. The number of hydrogen-bond donors (Lipinski definition) is 2. The van der Waals surface area contributed by atoms with Crippen LogP contribution >= 0.6 is 0 Å². The van der Waals surface area contributed by atoms with Crippen LogP contribution in [0.5, 0.6) is 0 Å². The molecule has 1 aromatic heterocycles. The van der Waals surface area contributed by atoms with Gasteiger partial charge in [-0.3, -0.25) is 4.79 Å². The Balaban J connectivity index is 1.52. The molecule has 1 spiro atoms. The van der Waals surface area contributed by atoms with Gasteiger partial charge >= 0.3 is 12.3 Å². The molecule has 36 heavy (non-hydrogen) atoms. The van der Waals surface area contributed by atoms with Gasteiger partial charge in [-0.25, -0.2) is 18.6 Å². The summed E-state index contributed by atoms with van der Waals surface area (Å²) in [7, 11) is 0. The lowest BCUT2D eigenvalue weighted by Crippen LogP contribution is -2.32. The van der Waals surface area contributed by atoms with Gasteiger partial charge in [0.15, 0.2) is 0 Å². The lowest BCUT2D eigenvalue weighted by molar-refractivity contribution is -0.135. The largest absolute Gasteiger partial charge is 0.465 e. The number of imidazole rings is 1. The number of aryl methyl sites for hydroxylation is 1. The molecule has 190 valence electrons. The number of halogens is 5. The SMILES string of the molecule is O=C(O)NCc1ccc2c(c1)nc(CN1C(=O)C3(CC3)c3c(F)cc(F)cc31)n2CCCC(F)(F)F. The Morgan fingerprint density at radius 3 is 2.58 bits per heavy atom. The molecule has 2 amide bonds. The Hall–Kier alpha value is -3.70. The van der Waals surface area contributed by atoms with Crippen LogP contribution in [-0.4, -0.2) is 32.8 Å². The summed E-state index contributed by atoms with van der Waals surface area (Å²) in [6, 6.07) is 6.70. The van der Waals surface area contributed by atoms with Crippen LogP contribution in [-0.2, 0) is 29.8 Å². The second kappa shape index (κ2) is 8.45. The Bertz CT molecular complexity index is 1380. The second-order valence-electron chi connectivity index (χ2n) is 9.14. The number of carboxylic acid groups (broad SMARTS) is 1. The van der Waals surface area contributed by atoms with Crippen molar-refractivity contribution < 1.29 is 36.6 Å². The molecule has 2 aromatic carbocycles. The van der Waals surface area contributed by atoms with Crippen LogP contribution in [0.4, 0.5) is 32.4 Å². The van der Waals surface area contributed by atoms with Gasteiger partial charge in [-0.05, 0) is 43.0 Å². The summed E-state index contributed by atoms with van der Waals surface area (Å²) in [4.78, 5) is 29.9. The third-order valence-corrected chi connectivity index (χ3v) is 6.69. The van der Waals surface area contributed by atoms with Crippen LogP contribution in [0, 0.1) is 11.6 Å². The topological polar surface area (TPSA) is 87.5 Å². The van der Waals surface area contributed by atoms with E-state index in [1.807, 2.05) is 0 Å². The molecule has 1 saturated carbocycles. The Labute approximate surface area is 201 Å². The molecule has 1 fully saturated rings. The molecule has 12 heteroatoms. The number of rotatable bonds is 7. The van der Waals surface area contributed by atoms with Crippen molar-refractivity contribution in [2.45, 2.75) is 56.9 Å². The first-order valence-corrected chi connectivity index (χ1v) is 11.3. The zero-order valence-corrected chi connectivity index (χ0v) is 18.8. The fourth-order valence-electron chi connectivity index (χ4n) is 4.93. The predicted molar refractivity (Wildman–Crippen MR) is 118 cm³/mol. The van der Waals surface area contributed by atoms with Gasteiger partial charge in [0, 0.05) is 31.1 Å². The van der Waals surface area contributed by atoms with Gasteiger partial charge in [0.1, 0.15) is 17.5 Å². The number of carbonyl (C=O) groups is 2. The van der Waals surface area contributed by atoms with E-state index >= 15 is 0 Å². The fraction of sp³-hybridized carbons (Fsp3) is 0.375. The van der Waals surface area contributed by atoms with Crippen LogP contribution < -0.4 is 10.2 Å². The van der Waals surface area contributed by atoms with Gasteiger partial charge in [0.05, 0.1) is 28.7 Å². The van der Waals surface area contributed by atoms with Gasteiger partial charge in [0.25, 0.3) is 0 Å². The van der Waals surface area contributed by atoms with E-state index in [1.165, 1.54) is 4.90 Å². The van der Waals surface area contributed by atoms with E-state index in [-0.39, 0.29) is 49.0 Å². The average molecular weight is 508 g/mol. The monoisotopic (exact) mass is 508 g/mol. The van der Waals surface area contributed by atoms with Crippen molar-refractivity contribution in [3.05, 3.63) is 58.9 Å². The molecule has 5 rings (SSSR count). The van der Waals surface area contributed by atoms with Crippen molar-refractivity contribution in [1.82, 2.24) is 14.9 Å². The van der Waals surface area contributed by atoms with Crippen LogP contribution in [0.1, 0.15) is 42.6 Å². The number of anilines is 1. The quantitative estimate of drug-likeness (QED) is 0.440. The van der Waals surface area contributed by atoms with Crippen molar-refractivity contribution in [1.29, 1.82) is 0 Å². The highest BCUT2D eigenvalue weighted by molar-refractivity contribution is 6.10. The molecule has 2 N–H and O–H groups in total. The maximum Gasteiger partial charge on any atom is 0.404 e. The number of benzene rings is 2.